The van der Waals surface area contributed by atoms with Crippen molar-refractivity contribution < 1.29 is 9.90 Å². The smallest absolute Gasteiger partial charge is 0.365 e. The molecule has 0 saturated carbocycles. The van der Waals surface area contributed by atoms with Gasteiger partial charge >= 0.3 is 5.97 Å². The summed E-state index contributed by atoms with van der Waals surface area (Å²) in [5.41, 5.74) is 1.73. The summed E-state index contributed by atoms with van der Waals surface area (Å²) in [4.78, 5) is 15.8. The first-order chi connectivity index (χ1) is 8.10. The number of carboxylic acids is 1. The first-order valence-corrected chi connectivity index (χ1v) is 6.08. The van der Waals surface area contributed by atoms with Gasteiger partial charge in [-0.3, -0.25) is 0 Å². The maximum atomic E-state index is 10.9. The van der Waals surface area contributed by atoms with E-state index in [1.165, 1.54) is 11.3 Å². The van der Waals surface area contributed by atoms with E-state index in [9.17, 15) is 4.79 Å². The minimum absolute atomic E-state index is 0.133. The Kier molecular flexibility index (Phi) is 4.84. The highest BCUT2D eigenvalue weighted by atomic mass is 32.1. The van der Waals surface area contributed by atoms with E-state index < -0.39 is 5.97 Å². The maximum Gasteiger partial charge on any atom is 0.365 e. The van der Waals surface area contributed by atoms with E-state index in [0.29, 0.717) is 0 Å². The summed E-state index contributed by atoms with van der Waals surface area (Å²) in [6.07, 6.45) is 9.68. The summed E-state index contributed by atoms with van der Waals surface area (Å²) in [5, 5.41) is 9.04. The highest BCUT2D eigenvalue weighted by Gasteiger charge is 2.14. The van der Waals surface area contributed by atoms with E-state index in [1.807, 2.05) is 51.2 Å². The molecular formula is C13H15NO2S. The van der Waals surface area contributed by atoms with Crippen LogP contribution in [-0.4, -0.2) is 16.1 Å². The molecule has 0 atom stereocenters. The first kappa shape index (κ1) is 13.4. The van der Waals surface area contributed by atoms with Crippen LogP contribution in [-0.2, 0) is 0 Å². The molecule has 0 aliphatic rings. The summed E-state index contributed by atoms with van der Waals surface area (Å²) in [6.45, 7) is 5.69. The summed E-state index contributed by atoms with van der Waals surface area (Å²) >= 11 is 1.20. The number of allylic oxidation sites excluding steroid dienone is 6. The fourth-order valence-corrected chi connectivity index (χ4v) is 2.25. The third kappa shape index (κ3) is 3.39. The van der Waals surface area contributed by atoms with Gasteiger partial charge in [-0.15, -0.1) is 11.3 Å². The lowest BCUT2D eigenvalue weighted by Gasteiger charge is -1.97. The molecule has 1 rings (SSSR count). The van der Waals surface area contributed by atoms with Crippen molar-refractivity contribution >= 4 is 22.9 Å². The molecule has 0 unspecified atom stereocenters. The molecule has 1 aromatic rings. The molecule has 0 aromatic carbocycles. The zero-order valence-corrected chi connectivity index (χ0v) is 10.9. The van der Waals surface area contributed by atoms with Gasteiger partial charge in [0.25, 0.3) is 0 Å². The van der Waals surface area contributed by atoms with Crippen LogP contribution in [0.4, 0.5) is 0 Å². The van der Waals surface area contributed by atoms with Gasteiger partial charge in [-0.25, -0.2) is 9.78 Å². The Morgan fingerprint density at radius 3 is 2.53 bits per heavy atom. The first-order valence-electron chi connectivity index (χ1n) is 5.27. The number of nitrogens with zero attached hydrogens (tertiary/aromatic N) is 1. The molecule has 1 heterocycles. The average molecular weight is 249 g/mol. The number of hydrogen-bond donors (Lipinski definition) is 1. The van der Waals surface area contributed by atoms with Gasteiger partial charge in [-0.05, 0) is 26.3 Å². The van der Waals surface area contributed by atoms with Crippen molar-refractivity contribution in [1.29, 1.82) is 0 Å². The Labute approximate surface area is 105 Å². The fourth-order valence-electron chi connectivity index (χ4n) is 1.34. The van der Waals surface area contributed by atoms with Gasteiger partial charge in [-0.2, -0.15) is 0 Å². The fraction of sp³-hybridized carbons (Fsp3) is 0.231. The normalized spacial score (nSPS) is 12.8. The van der Waals surface area contributed by atoms with Crippen molar-refractivity contribution in [3.05, 3.63) is 46.0 Å². The van der Waals surface area contributed by atoms with Crippen molar-refractivity contribution in [3.8, 4) is 0 Å². The minimum atomic E-state index is -0.977. The van der Waals surface area contributed by atoms with Crippen LogP contribution in [0.3, 0.4) is 0 Å². The molecule has 1 aromatic heterocycles. The Morgan fingerprint density at radius 2 is 2.06 bits per heavy atom. The van der Waals surface area contributed by atoms with Gasteiger partial charge in [0.1, 0.15) is 0 Å². The number of carboxylic acid groups (broad SMARTS) is 1. The number of aromatic nitrogens is 1. The molecule has 17 heavy (non-hydrogen) atoms. The third-order valence-corrected chi connectivity index (χ3v) is 3.25. The van der Waals surface area contributed by atoms with Crippen LogP contribution < -0.4 is 0 Å². The molecule has 3 nitrogen and oxygen atoms in total. The second-order valence-electron chi connectivity index (χ2n) is 3.39. The van der Waals surface area contributed by atoms with Crippen molar-refractivity contribution in [2.45, 2.75) is 20.8 Å². The van der Waals surface area contributed by atoms with Crippen LogP contribution in [0.2, 0.25) is 0 Å². The number of carbonyl (C=O) groups is 1. The predicted molar refractivity (Wildman–Crippen MR) is 71.4 cm³/mol. The molecule has 90 valence electrons. The molecule has 1 N–H and O–H groups in total. The van der Waals surface area contributed by atoms with Crippen LogP contribution in [0, 0.1) is 6.92 Å². The maximum absolute atomic E-state index is 10.9. The van der Waals surface area contributed by atoms with Crippen molar-refractivity contribution in [2.75, 3.05) is 0 Å². The highest BCUT2D eigenvalue weighted by Crippen LogP contribution is 2.27. The van der Waals surface area contributed by atoms with Crippen molar-refractivity contribution in [1.82, 2.24) is 4.98 Å². The largest absolute Gasteiger partial charge is 0.476 e. The quantitative estimate of drug-likeness (QED) is 0.828. The van der Waals surface area contributed by atoms with E-state index in [4.69, 9.17) is 5.11 Å². The van der Waals surface area contributed by atoms with Gasteiger partial charge in [0.15, 0.2) is 0 Å². The third-order valence-electron chi connectivity index (χ3n) is 2.06. The monoisotopic (exact) mass is 249 g/mol. The lowest BCUT2D eigenvalue weighted by atomic mass is 10.1. The van der Waals surface area contributed by atoms with Gasteiger partial charge in [0, 0.05) is 0 Å². The van der Waals surface area contributed by atoms with Gasteiger partial charge in [-0.1, -0.05) is 30.4 Å². The van der Waals surface area contributed by atoms with E-state index >= 15 is 0 Å². The topological polar surface area (TPSA) is 50.2 Å². The highest BCUT2D eigenvalue weighted by molar-refractivity contribution is 7.14. The second-order valence-corrected chi connectivity index (χ2v) is 4.39. The lowest BCUT2D eigenvalue weighted by Crippen LogP contribution is -1.93. The standard InChI is InChI=1S/C13H15NO2S/c1-4-6-8-10(7-5-2)11-9(3)14-12(17-11)13(15)16/h4-8H,1-3H3,(H,15,16)/b6-4+,7-5-,10-8+. The molecule has 0 aliphatic heterocycles. The molecule has 0 bridgehead atoms. The summed E-state index contributed by atoms with van der Waals surface area (Å²) in [7, 11) is 0. The van der Waals surface area contributed by atoms with Crippen molar-refractivity contribution in [3.63, 3.8) is 0 Å². The summed E-state index contributed by atoms with van der Waals surface area (Å²) in [5.74, 6) is -0.977. The van der Waals surface area contributed by atoms with Gasteiger partial charge in [0.05, 0.1) is 10.6 Å². The van der Waals surface area contributed by atoms with E-state index in [0.717, 1.165) is 16.1 Å². The van der Waals surface area contributed by atoms with E-state index in [2.05, 4.69) is 4.98 Å². The molecule has 4 heteroatoms. The molecule has 0 aliphatic carbocycles. The molecule has 0 spiro atoms. The molecular weight excluding hydrogens is 234 g/mol. The second kappa shape index (κ2) is 6.15. The molecule has 0 saturated heterocycles. The SMILES string of the molecule is C\C=C/C(=C\C=C\C)c1sc(C(=O)O)nc1C. The number of aromatic carboxylic acids is 1. The molecule has 0 amide bonds. The predicted octanol–water partition coefficient (Wildman–Crippen LogP) is 3.69. The summed E-state index contributed by atoms with van der Waals surface area (Å²) in [6, 6.07) is 0. The molecule has 0 fully saturated rings. The van der Waals surface area contributed by atoms with Crippen LogP contribution in [0.5, 0.6) is 0 Å². The Bertz CT molecular complexity index is 496. The Morgan fingerprint density at radius 1 is 1.35 bits per heavy atom. The van der Waals surface area contributed by atoms with Gasteiger partial charge < -0.3 is 5.11 Å². The minimum Gasteiger partial charge on any atom is -0.476 e. The van der Waals surface area contributed by atoms with Crippen molar-refractivity contribution in [2.24, 2.45) is 0 Å². The Balaban J connectivity index is 3.23. The van der Waals surface area contributed by atoms with E-state index in [1.54, 1.807) is 0 Å². The van der Waals surface area contributed by atoms with Crippen LogP contribution >= 0.6 is 11.3 Å². The zero-order valence-electron chi connectivity index (χ0n) is 10.1. The van der Waals surface area contributed by atoms with Crippen LogP contribution in [0.1, 0.15) is 34.2 Å². The summed E-state index contributed by atoms with van der Waals surface area (Å²) < 4.78 is 0. The number of hydrogen-bond acceptors (Lipinski definition) is 3. The van der Waals surface area contributed by atoms with Crippen LogP contribution in [0.25, 0.3) is 5.57 Å². The average Bonchev–Trinajstić information content (AvgIpc) is 2.67. The Hall–Kier alpha value is -1.68. The lowest BCUT2D eigenvalue weighted by molar-refractivity contribution is 0.0696. The number of thiazole rings is 1. The van der Waals surface area contributed by atoms with Crippen LogP contribution in [0.15, 0.2) is 30.4 Å². The van der Waals surface area contributed by atoms with Gasteiger partial charge in [0.2, 0.25) is 5.01 Å². The number of aryl methyl sites for hydroxylation is 1. The number of rotatable bonds is 4. The van der Waals surface area contributed by atoms with E-state index in [-0.39, 0.29) is 5.01 Å². The molecule has 0 radical (unpaired) electrons. The zero-order chi connectivity index (χ0) is 12.8.